The molecule has 0 fully saturated rings. The first-order valence-corrected chi connectivity index (χ1v) is 24.5. The predicted molar refractivity (Wildman–Crippen MR) is 251 cm³/mol. The van der Waals surface area contributed by atoms with Gasteiger partial charge in [0.15, 0.2) is 6.10 Å². The molecule has 0 radical (unpaired) electrons. The van der Waals surface area contributed by atoms with Crippen molar-refractivity contribution in [3.8, 4) is 0 Å². The van der Waals surface area contributed by atoms with Crippen LogP contribution in [-0.4, -0.2) is 37.2 Å². The van der Waals surface area contributed by atoms with E-state index >= 15 is 0 Å². The van der Waals surface area contributed by atoms with Crippen LogP contribution >= 0.6 is 0 Å². The number of rotatable bonds is 43. The minimum absolute atomic E-state index is 0.0873. The summed E-state index contributed by atoms with van der Waals surface area (Å²) in [4.78, 5) is 37.8. The van der Waals surface area contributed by atoms with Crippen molar-refractivity contribution in [3.05, 3.63) is 72.9 Å². The second-order valence-corrected chi connectivity index (χ2v) is 16.2. The van der Waals surface area contributed by atoms with Gasteiger partial charge in [-0.1, -0.05) is 241 Å². The van der Waals surface area contributed by atoms with E-state index in [0.717, 1.165) is 70.6 Å². The summed E-state index contributed by atoms with van der Waals surface area (Å²) in [6, 6.07) is 0. The Balaban J connectivity index is 4.46. The van der Waals surface area contributed by atoms with Crippen molar-refractivity contribution in [3.63, 3.8) is 0 Å². The van der Waals surface area contributed by atoms with Crippen LogP contribution in [0.2, 0.25) is 0 Å². The minimum atomic E-state index is -0.788. The summed E-state index contributed by atoms with van der Waals surface area (Å²) < 4.78 is 16.7. The molecule has 0 aliphatic rings. The number of ether oxygens (including phenoxy) is 3. The molecule has 338 valence electrons. The predicted octanol–water partition coefficient (Wildman–Crippen LogP) is 15.9. The van der Waals surface area contributed by atoms with Gasteiger partial charge in [-0.15, -0.1) is 0 Å². The Bertz CT molecular complexity index is 1130. The number of unbranched alkanes of at least 4 members (excludes halogenated alkanes) is 25. The molecule has 0 rings (SSSR count). The van der Waals surface area contributed by atoms with Gasteiger partial charge in [0.2, 0.25) is 0 Å². The van der Waals surface area contributed by atoms with Crippen LogP contribution in [0.25, 0.3) is 0 Å². The maximum Gasteiger partial charge on any atom is 0.306 e. The first kappa shape index (κ1) is 55.9. The smallest absolute Gasteiger partial charge is 0.306 e. The summed E-state index contributed by atoms with van der Waals surface area (Å²) in [5, 5.41) is 0. The van der Waals surface area contributed by atoms with E-state index in [0.29, 0.717) is 19.3 Å². The van der Waals surface area contributed by atoms with Gasteiger partial charge in [0.25, 0.3) is 0 Å². The third-order valence-corrected chi connectivity index (χ3v) is 10.4. The molecule has 0 spiro atoms. The van der Waals surface area contributed by atoms with Gasteiger partial charge in [-0.3, -0.25) is 14.4 Å². The van der Waals surface area contributed by atoms with Gasteiger partial charge in [0, 0.05) is 19.3 Å². The van der Waals surface area contributed by atoms with E-state index in [1.54, 1.807) is 0 Å². The van der Waals surface area contributed by atoms with Crippen molar-refractivity contribution in [1.29, 1.82) is 0 Å². The normalized spacial score (nSPS) is 12.7. The van der Waals surface area contributed by atoms with E-state index in [-0.39, 0.29) is 31.1 Å². The lowest BCUT2D eigenvalue weighted by Gasteiger charge is -2.18. The van der Waals surface area contributed by atoms with Gasteiger partial charge in [0.1, 0.15) is 13.2 Å². The second-order valence-electron chi connectivity index (χ2n) is 16.2. The first-order valence-electron chi connectivity index (χ1n) is 24.5. The summed E-state index contributed by atoms with van der Waals surface area (Å²) in [6.45, 7) is 6.44. The summed E-state index contributed by atoms with van der Waals surface area (Å²) in [6.07, 6.45) is 58.8. The van der Waals surface area contributed by atoms with Gasteiger partial charge in [-0.2, -0.15) is 0 Å². The van der Waals surface area contributed by atoms with E-state index in [9.17, 15) is 14.4 Å². The lowest BCUT2D eigenvalue weighted by molar-refractivity contribution is -0.167. The lowest BCUT2D eigenvalue weighted by atomic mass is 10.0. The molecule has 0 N–H and O–H groups in total. The Morgan fingerprint density at radius 3 is 1.03 bits per heavy atom. The van der Waals surface area contributed by atoms with Crippen LogP contribution in [-0.2, 0) is 28.6 Å². The fraction of sp³-hybridized carbons (Fsp3) is 0.717. The topological polar surface area (TPSA) is 78.9 Å². The zero-order valence-electron chi connectivity index (χ0n) is 38.5. The van der Waals surface area contributed by atoms with E-state index in [1.165, 1.54) is 116 Å². The van der Waals surface area contributed by atoms with Crippen molar-refractivity contribution in [1.82, 2.24) is 0 Å². The van der Waals surface area contributed by atoms with Crippen molar-refractivity contribution in [2.24, 2.45) is 0 Å². The molecule has 0 aromatic rings. The van der Waals surface area contributed by atoms with Crippen LogP contribution < -0.4 is 0 Å². The fourth-order valence-electron chi connectivity index (χ4n) is 6.71. The molecule has 59 heavy (non-hydrogen) atoms. The molecule has 6 heteroatoms. The van der Waals surface area contributed by atoms with Gasteiger partial charge in [-0.25, -0.2) is 0 Å². The zero-order chi connectivity index (χ0) is 43.0. The Morgan fingerprint density at radius 1 is 0.356 bits per heavy atom. The lowest BCUT2D eigenvalue weighted by Crippen LogP contribution is -2.30. The Kier molecular flexibility index (Phi) is 45.0. The zero-order valence-corrected chi connectivity index (χ0v) is 38.5. The average Bonchev–Trinajstić information content (AvgIpc) is 3.23. The SMILES string of the molecule is CC\C=C/C=C\C=C/C=C\C=C\C=C/CCCCCC(=O)OCC(COC(=O)CCCCCCCCCCCCC)OC(=O)CCCCCCCCCCCCCCC. The number of carbonyl (C=O) groups is 3. The van der Waals surface area contributed by atoms with E-state index < -0.39 is 6.10 Å². The Morgan fingerprint density at radius 2 is 0.661 bits per heavy atom. The molecule has 0 aliphatic heterocycles. The molecule has 0 amide bonds. The van der Waals surface area contributed by atoms with E-state index in [2.05, 4.69) is 32.9 Å². The van der Waals surface area contributed by atoms with Crippen LogP contribution in [0.5, 0.6) is 0 Å². The van der Waals surface area contributed by atoms with Crippen LogP contribution in [0.15, 0.2) is 72.9 Å². The number of hydrogen-bond acceptors (Lipinski definition) is 6. The third-order valence-electron chi connectivity index (χ3n) is 10.4. The number of hydrogen-bond donors (Lipinski definition) is 0. The molecule has 0 aromatic carbocycles. The molecule has 0 aliphatic carbocycles. The summed E-state index contributed by atoms with van der Waals surface area (Å²) in [5.74, 6) is -0.932. The van der Waals surface area contributed by atoms with Crippen molar-refractivity contribution >= 4 is 17.9 Å². The number of carbonyl (C=O) groups excluding carboxylic acids is 3. The summed E-state index contributed by atoms with van der Waals surface area (Å²) >= 11 is 0. The largest absolute Gasteiger partial charge is 0.462 e. The molecule has 0 aromatic heterocycles. The van der Waals surface area contributed by atoms with Gasteiger partial charge in [-0.05, 0) is 38.5 Å². The van der Waals surface area contributed by atoms with Gasteiger partial charge >= 0.3 is 17.9 Å². The van der Waals surface area contributed by atoms with E-state index in [1.807, 2.05) is 60.8 Å². The first-order chi connectivity index (χ1) is 29.0. The molecule has 0 bridgehead atoms. The highest BCUT2D eigenvalue weighted by molar-refractivity contribution is 5.71. The summed E-state index contributed by atoms with van der Waals surface area (Å²) in [7, 11) is 0. The highest BCUT2D eigenvalue weighted by atomic mass is 16.6. The average molecular weight is 823 g/mol. The number of esters is 3. The molecular weight excluding hydrogens is 733 g/mol. The Labute approximate surface area is 363 Å². The minimum Gasteiger partial charge on any atom is -0.462 e. The van der Waals surface area contributed by atoms with Gasteiger partial charge < -0.3 is 14.2 Å². The maximum atomic E-state index is 12.8. The third kappa shape index (κ3) is 45.8. The quantitative estimate of drug-likeness (QED) is 0.0264. The Hall–Kier alpha value is -3.15. The molecular formula is C53H90O6. The molecule has 1 atom stereocenters. The molecule has 6 nitrogen and oxygen atoms in total. The van der Waals surface area contributed by atoms with Crippen molar-refractivity contribution < 1.29 is 28.6 Å². The van der Waals surface area contributed by atoms with Crippen molar-refractivity contribution in [2.75, 3.05) is 13.2 Å². The fourth-order valence-corrected chi connectivity index (χ4v) is 6.71. The molecule has 1 unspecified atom stereocenters. The maximum absolute atomic E-state index is 12.8. The summed E-state index contributed by atoms with van der Waals surface area (Å²) in [5.41, 5.74) is 0. The van der Waals surface area contributed by atoms with E-state index in [4.69, 9.17) is 14.2 Å². The molecule has 0 saturated heterocycles. The van der Waals surface area contributed by atoms with Crippen LogP contribution in [0, 0.1) is 0 Å². The molecule has 0 saturated carbocycles. The standard InChI is InChI=1S/C53H90O6/c1-4-7-10-13-16-19-22-24-25-26-27-29-31-34-37-40-43-46-52(55)58-49-50(48-57-51(54)45-42-39-36-33-30-21-18-15-12-9-6-3)59-53(56)47-44-41-38-35-32-28-23-20-17-14-11-8-5-2/h7,10,13,16,19,22,24-27,29,31,50H,4-6,8-9,11-12,14-15,17-18,20-21,23,28,30,32-49H2,1-3H3/b10-7-,16-13-,22-19-,25-24-,27-26+,31-29-. The highest BCUT2D eigenvalue weighted by Gasteiger charge is 2.19. The highest BCUT2D eigenvalue weighted by Crippen LogP contribution is 2.15. The van der Waals surface area contributed by atoms with Crippen LogP contribution in [0.1, 0.15) is 226 Å². The van der Waals surface area contributed by atoms with Crippen LogP contribution in [0.4, 0.5) is 0 Å². The second kappa shape index (κ2) is 47.5. The van der Waals surface area contributed by atoms with Crippen LogP contribution in [0.3, 0.4) is 0 Å². The number of allylic oxidation sites excluding steroid dienone is 12. The molecule has 0 heterocycles. The van der Waals surface area contributed by atoms with Crippen molar-refractivity contribution in [2.45, 2.75) is 232 Å². The van der Waals surface area contributed by atoms with Gasteiger partial charge in [0.05, 0.1) is 0 Å². The monoisotopic (exact) mass is 823 g/mol.